The Labute approximate surface area is 97.6 Å². The van der Waals surface area contributed by atoms with Crippen LogP contribution < -0.4 is 5.32 Å². The number of piperazine rings is 1. The summed E-state index contributed by atoms with van der Waals surface area (Å²) in [4.78, 5) is 2.53. The summed E-state index contributed by atoms with van der Waals surface area (Å²) >= 11 is 0. The van der Waals surface area contributed by atoms with Crippen molar-refractivity contribution in [3.8, 4) is 0 Å². The van der Waals surface area contributed by atoms with Crippen LogP contribution in [0.15, 0.2) is 6.07 Å². The maximum atomic E-state index is 4.49. The second-order valence-corrected chi connectivity index (χ2v) is 4.62. The molecule has 0 saturated carbocycles. The van der Waals surface area contributed by atoms with Gasteiger partial charge in [0.15, 0.2) is 0 Å². The molecule has 2 rings (SSSR count). The zero-order chi connectivity index (χ0) is 11.5. The largest absolute Gasteiger partial charge is 0.314 e. The van der Waals surface area contributed by atoms with E-state index in [1.165, 1.54) is 5.69 Å². The van der Waals surface area contributed by atoms with Gasteiger partial charge in [-0.15, -0.1) is 0 Å². The lowest BCUT2D eigenvalue weighted by Gasteiger charge is -2.33. The van der Waals surface area contributed by atoms with Gasteiger partial charge in [0.05, 0.1) is 11.4 Å². The average molecular weight is 222 g/mol. The first-order valence-electron chi connectivity index (χ1n) is 6.18. The van der Waals surface area contributed by atoms with Crippen molar-refractivity contribution in [1.29, 1.82) is 0 Å². The van der Waals surface area contributed by atoms with Gasteiger partial charge in [0, 0.05) is 38.8 Å². The van der Waals surface area contributed by atoms with E-state index in [0.29, 0.717) is 6.04 Å². The highest BCUT2D eigenvalue weighted by Crippen LogP contribution is 2.11. The predicted molar refractivity (Wildman–Crippen MR) is 65.4 cm³/mol. The van der Waals surface area contributed by atoms with E-state index in [9.17, 15) is 0 Å². The fourth-order valence-corrected chi connectivity index (χ4v) is 2.33. The Morgan fingerprint density at radius 3 is 3.06 bits per heavy atom. The fourth-order valence-electron chi connectivity index (χ4n) is 2.33. The lowest BCUT2D eigenvalue weighted by molar-refractivity contribution is 0.161. The van der Waals surface area contributed by atoms with E-state index < -0.39 is 0 Å². The first kappa shape index (κ1) is 11.6. The van der Waals surface area contributed by atoms with Gasteiger partial charge >= 0.3 is 0 Å². The number of rotatable bonds is 3. The van der Waals surface area contributed by atoms with E-state index in [1.807, 2.05) is 0 Å². The summed E-state index contributed by atoms with van der Waals surface area (Å²) < 4.78 is 2.12. The average Bonchev–Trinajstić information content (AvgIpc) is 2.62. The highest BCUT2D eigenvalue weighted by Gasteiger charge is 2.19. The van der Waals surface area contributed by atoms with Crippen LogP contribution in [0.2, 0.25) is 0 Å². The normalized spacial score (nSPS) is 22.6. The Morgan fingerprint density at radius 1 is 1.56 bits per heavy atom. The molecule has 0 bridgehead atoms. The molecule has 1 aliphatic rings. The third-order valence-corrected chi connectivity index (χ3v) is 3.29. The Balaban J connectivity index is 2.06. The minimum absolute atomic E-state index is 0.620. The van der Waals surface area contributed by atoms with E-state index in [1.54, 1.807) is 0 Å². The summed E-state index contributed by atoms with van der Waals surface area (Å²) in [7, 11) is 0. The zero-order valence-corrected chi connectivity index (χ0v) is 10.5. The molecule has 1 fully saturated rings. The molecule has 1 aliphatic heterocycles. The minimum atomic E-state index is 0.620. The van der Waals surface area contributed by atoms with Crippen molar-refractivity contribution >= 4 is 0 Å². The molecule has 0 amide bonds. The molecule has 1 atom stereocenters. The second-order valence-electron chi connectivity index (χ2n) is 4.62. The van der Waals surface area contributed by atoms with Gasteiger partial charge in [0.1, 0.15) is 0 Å². The van der Waals surface area contributed by atoms with Gasteiger partial charge in [-0.1, -0.05) is 0 Å². The monoisotopic (exact) mass is 222 g/mol. The summed E-state index contributed by atoms with van der Waals surface area (Å²) in [5.74, 6) is 0. The number of aryl methyl sites for hydroxylation is 2. The van der Waals surface area contributed by atoms with E-state index in [2.05, 4.69) is 46.8 Å². The SMILES string of the molecule is CCn1nc(C)cc1CN1CCNCC1C. The molecule has 1 aromatic heterocycles. The molecular formula is C12H22N4. The molecule has 4 nitrogen and oxygen atoms in total. The maximum Gasteiger partial charge on any atom is 0.0597 e. The molecule has 90 valence electrons. The van der Waals surface area contributed by atoms with Gasteiger partial charge in [-0.05, 0) is 26.8 Å². The lowest BCUT2D eigenvalue weighted by Crippen LogP contribution is -2.49. The first-order chi connectivity index (χ1) is 7.70. The third kappa shape index (κ3) is 2.44. The lowest BCUT2D eigenvalue weighted by atomic mass is 10.2. The number of nitrogens with one attached hydrogen (secondary N) is 1. The number of hydrogen-bond acceptors (Lipinski definition) is 3. The molecule has 1 unspecified atom stereocenters. The van der Waals surface area contributed by atoms with Gasteiger partial charge in [-0.2, -0.15) is 5.10 Å². The Kier molecular flexibility index (Phi) is 3.61. The van der Waals surface area contributed by atoms with Crippen molar-refractivity contribution in [3.63, 3.8) is 0 Å². The van der Waals surface area contributed by atoms with E-state index in [0.717, 1.165) is 38.4 Å². The summed E-state index contributed by atoms with van der Waals surface area (Å²) in [6, 6.07) is 2.83. The van der Waals surface area contributed by atoms with Crippen LogP contribution in [-0.4, -0.2) is 40.4 Å². The maximum absolute atomic E-state index is 4.49. The van der Waals surface area contributed by atoms with Crippen LogP contribution in [0, 0.1) is 6.92 Å². The molecule has 1 saturated heterocycles. The number of aromatic nitrogens is 2. The van der Waals surface area contributed by atoms with Crippen molar-refractivity contribution in [2.24, 2.45) is 0 Å². The summed E-state index contributed by atoms with van der Waals surface area (Å²) in [5, 5.41) is 7.91. The van der Waals surface area contributed by atoms with E-state index >= 15 is 0 Å². The van der Waals surface area contributed by atoms with Gasteiger partial charge in [-0.3, -0.25) is 9.58 Å². The molecule has 16 heavy (non-hydrogen) atoms. The van der Waals surface area contributed by atoms with Crippen LogP contribution in [0.3, 0.4) is 0 Å². The zero-order valence-electron chi connectivity index (χ0n) is 10.5. The molecular weight excluding hydrogens is 200 g/mol. The summed E-state index contributed by atoms with van der Waals surface area (Å²) in [6.07, 6.45) is 0. The third-order valence-electron chi connectivity index (χ3n) is 3.29. The smallest absolute Gasteiger partial charge is 0.0597 e. The van der Waals surface area contributed by atoms with Crippen molar-refractivity contribution in [1.82, 2.24) is 20.0 Å². The van der Waals surface area contributed by atoms with Gasteiger partial charge < -0.3 is 5.32 Å². The van der Waals surface area contributed by atoms with Crippen LogP contribution in [0.5, 0.6) is 0 Å². The van der Waals surface area contributed by atoms with E-state index in [4.69, 9.17) is 0 Å². The fraction of sp³-hybridized carbons (Fsp3) is 0.750. The number of hydrogen-bond donors (Lipinski definition) is 1. The minimum Gasteiger partial charge on any atom is -0.314 e. The molecule has 1 N–H and O–H groups in total. The van der Waals surface area contributed by atoms with Crippen LogP contribution in [0.4, 0.5) is 0 Å². The van der Waals surface area contributed by atoms with Crippen molar-refractivity contribution in [2.75, 3.05) is 19.6 Å². The summed E-state index contributed by atoms with van der Waals surface area (Å²) in [6.45, 7) is 11.8. The van der Waals surface area contributed by atoms with Crippen molar-refractivity contribution in [3.05, 3.63) is 17.5 Å². The highest BCUT2D eigenvalue weighted by molar-refractivity contribution is 5.09. The first-order valence-corrected chi connectivity index (χ1v) is 6.18. The second kappa shape index (κ2) is 4.97. The topological polar surface area (TPSA) is 33.1 Å². The molecule has 4 heteroatoms. The Morgan fingerprint density at radius 2 is 2.38 bits per heavy atom. The summed E-state index contributed by atoms with van der Waals surface area (Å²) in [5.41, 5.74) is 2.47. The molecule has 0 spiro atoms. The van der Waals surface area contributed by atoms with Crippen LogP contribution in [0.1, 0.15) is 25.2 Å². The molecule has 0 radical (unpaired) electrons. The van der Waals surface area contributed by atoms with Crippen LogP contribution in [0.25, 0.3) is 0 Å². The molecule has 0 aliphatic carbocycles. The highest BCUT2D eigenvalue weighted by atomic mass is 15.3. The van der Waals surface area contributed by atoms with Gasteiger partial charge in [0.2, 0.25) is 0 Å². The van der Waals surface area contributed by atoms with Crippen LogP contribution >= 0.6 is 0 Å². The van der Waals surface area contributed by atoms with Gasteiger partial charge in [-0.25, -0.2) is 0 Å². The molecule has 0 aromatic carbocycles. The standard InChI is InChI=1S/C12H22N4/c1-4-16-12(7-10(2)14-16)9-15-6-5-13-8-11(15)3/h7,11,13H,4-6,8-9H2,1-3H3. The van der Waals surface area contributed by atoms with Crippen molar-refractivity contribution in [2.45, 2.75) is 39.9 Å². The number of nitrogens with zero attached hydrogens (tertiary/aromatic N) is 3. The molecule has 1 aromatic rings. The Bertz CT molecular complexity index is 345. The molecule has 2 heterocycles. The van der Waals surface area contributed by atoms with Crippen LogP contribution in [-0.2, 0) is 13.1 Å². The van der Waals surface area contributed by atoms with Gasteiger partial charge in [0.25, 0.3) is 0 Å². The predicted octanol–water partition coefficient (Wildman–Crippen LogP) is 1.01. The Hall–Kier alpha value is -0.870. The van der Waals surface area contributed by atoms with Crippen molar-refractivity contribution < 1.29 is 0 Å². The van der Waals surface area contributed by atoms with E-state index in [-0.39, 0.29) is 0 Å². The quantitative estimate of drug-likeness (QED) is 0.828.